The van der Waals surface area contributed by atoms with Gasteiger partial charge < -0.3 is 14.9 Å². The quantitative estimate of drug-likeness (QED) is 0.465. The largest absolute Gasteiger partial charge is 0.497 e. The van der Waals surface area contributed by atoms with E-state index in [9.17, 15) is 15.0 Å². The van der Waals surface area contributed by atoms with Crippen molar-refractivity contribution in [3.8, 4) is 5.75 Å². The van der Waals surface area contributed by atoms with E-state index in [0.29, 0.717) is 31.3 Å². The van der Waals surface area contributed by atoms with Gasteiger partial charge in [0.25, 0.3) is 0 Å². The second-order valence-electron chi connectivity index (χ2n) is 9.70. The van der Waals surface area contributed by atoms with E-state index in [0.717, 1.165) is 48.0 Å². The standard InChI is InChI=1S/C26H32N4O4/c1-34-19-3-4-24-21(14-19)20(6-9-27-24)25(31)5-2-16-8-11-30(15-22(16)26(32)33)18-12-17(13-18)23-7-10-28-29-23/h3-4,6-7,9-10,14,16-18,22,25,31H,2,5,8,11-13,15H2,1H3,(H,28,29)(H,32,33)/t16-,17?,18?,22+,25+/m1/s1. The van der Waals surface area contributed by atoms with Crippen LogP contribution < -0.4 is 4.74 Å². The monoisotopic (exact) mass is 464 g/mol. The molecule has 3 atom stereocenters. The number of aromatic amines is 1. The predicted molar refractivity (Wildman–Crippen MR) is 128 cm³/mol. The van der Waals surface area contributed by atoms with Crippen molar-refractivity contribution in [2.45, 2.75) is 50.2 Å². The van der Waals surface area contributed by atoms with Crippen molar-refractivity contribution in [1.29, 1.82) is 0 Å². The first-order valence-corrected chi connectivity index (χ1v) is 12.1. The third-order valence-corrected chi connectivity index (χ3v) is 7.85. The molecule has 1 aromatic carbocycles. The smallest absolute Gasteiger partial charge is 0.308 e. The summed E-state index contributed by atoms with van der Waals surface area (Å²) < 4.78 is 5.34. The molecule has 8 heteroatoms. The summed E-state index contributed by atoms with van der Waals surface area (Å²) in [6.07, 6.45) is 6.98. The van der Waals surface area contributed by atoms with Crippen LogP contribution in [-0.4, -0.2) is 62.5 Å². The Morgan fingerprint density at radius 2 is 2.12 bits per heavy atom. The average Bonchev–Trinajstić information content (AvgIpc) is 3.35. The Hall–Kier alpha value is -2.97. The highest BCUT2D eigenvalue weighted by molar-refractivity contribution is 5.83. The summed E-state index contributed by atoms with van der Waals surface area (Å²) in [5.74, 6) is 0.152. The third kappa shape index (κ3) is 4.52. The number of ether oxygens (including phenoxy) is 1. The number of benzene rings is 1. The van der Waals surface area contributed by atoms with Crippen LogP contribution in [-0.2, 0) is 4.79 Å². The van der Waals surface area contributed by atoms with Crippen molar-refractivity contribution in [2.24, 2.45) is 11.8 Å². The van der Waals surface area contributed by atoms with E-state index in [1.807, 2.05) is 30.3 Å². The van der Waals surface area contributed by atoms with E-state index in [2.05, 4.69) is 20.1 Å². The molecule has 3 N–H and O–H groups in total. The first-order chi connectivity index (χ1) is 16.5. The maximum absolute atomic E-state index is 12.1. The lowest BCUT2D eigenvalue weighted by molar-refractivity contribution is -0.147. The van der Waals surface area contributed by atoms with E-state index >= 15 is 0 Å². The summed E-state index contributed by atoms with van der Waals surface area (Å²) in [4.78, 5) is 18.9. The van der Waals surface area contributed by atoms with E-state index in [1.165, 1.54) is 5.69 Å². The Balaban J connectivity index is 1.20. The lowest BCUT2D eigenvalue weighted by atomic mass is 9.74. The zero-order valence-electron chi connectivity index (χ0n) is 19.4. The molecule has 2 fully saturated rings. The topological polar surface area (TPSA) is 112 Å². The molecule has 1 aliphatic carbocycles. The van der Waals surface area contributed by atoms with Crippen LogP contribution in [0, 0.1) is 11.8 Å². The molecule has 3 heterocycles. The number of carboxylic acid groups (broad SMARTS) is 1. The Labute approximate surface area is 199 Å². The van der Waals surface area contributed by atoms with Crippen molar-refractivity contribution < 1.29 is 19.7 Å². The normalized spacial score (nSPS) is 26.2. The van der Waals surface area contributed by atoms with Gasteiger partial charge in [-0.1, -0.05) is 0 Å². The zero-order valence-corrected chi connectivity index (χ0v) is 19.4. The van der Waals surface area contributed by atoms with E-state index in [1.54, 1.807) is 19.5 Å². The van der Waals surface area contributed by atoms with Crippen molar-refractivity contribution >= 4 is 16.9 Å². The molecule has 5 rings (SSSR count). The summed E-state index contributed by atoms with van der Waals surface area (Å²) in [6.45, 7) is 1.51. The first-order valence-electron chi connectivity index (χ1n) is 12.1. The number of nitrogens with one attached hydrogen (secondary N) is 1. The van der Waals surface area contributed by atoms with Gasteiger partial charge in [0.1, 0.15) is 5.75 Å². The number of piperidine rings is 1. The summed E-state index contributed by atoms with van der Waals surface area (Å²) in [5, 5.41) is 28.9. The van der Waals surface area contributed by atoms with Gasteiger partial charge in [-0.05, 0) is 80.5 Å². The number of carbonyl (C=O) groups is 1. The molecule has 0 spiro atoms. The summed E-state index contributed by atoms with van der Waals surface area (Å²) in [6, 6.07) is 9.96. The van der Waals surface area contributed by atoms with Gasteiger partial charge in [0.15, 0.2) is 0 Å². The van der Waals surface area contributed by atoms with Crippen LogP contribution in [0.15, 0.2) is 42.7 Å². The van der Waals surface area contributed by atoms with Gasteiger partial charge >= 0.3 is 5.97 Å². The number of hydrogen-bond donors (Lipinski definition) is 3. The fraction of sp³-hybridized carbons (Fsp3) is 0.500. The minimum atomic E-state index is -0.729. The Morgan fingerprint density at radius 1 is 1.26 bits per heavy atom. The van der Waals surface area contributed by atoms with Gasteiger partial charge in [-0.25, -0.2) is 0 Å². The molecule has 1 saturated heterocycles. The van der Waals surface area contributed by atoms with Gasteiger partial charge in [-0.2, -0.15) is 5.10 Å². The van der Waals surface area contributed by atoms with Crippen molar-refractivity contribution in [2.75, 3.05) is 20.2 Å². The van der Waals surface area contributed by atoms with Crippen molar-refractivity contribution in [3.63, 3.8) is 0 Å². The fourth-order valence-electron chi connectivity index (χ4n) is 5.71. The zero-order chi connectivity index (χ0) is 23.7. The highest BCUT2D eigenvalue weighted by Gasteiger charge is 2.41. The molecule has 1 saturated carbocycles. The molecule has 0 amide bonds. The molecule has 1 aliphatic heterocycles. The Morgan fingerprint density at radius 3 is 2.85 bits per heavy atom. The van der Waals surface area contributed by atoms with Gasteiger partial charge in [-0.15, -0.1) is 0 Å². The van der Waals surface area contributed by atoms with Crippen LogP contribution in [0.25, 0.3) is 10.9 Å². The molecule has 0 radical (unpaired) electrons. The van der Waals surface area contributed by atoms with Gasteiger partial charge in [0.05, 0.1) is 24.6 Å². The van der Waals surface area contributed by atoms with Crippen LogP contribution in [0.4, 0.5) is 0 Å². The van der Waals surface area contributed by atoms with E-state index in [-0.39, 0.29) is 5.92 Å². The second-order valence-corrected chi connectivity index (χ2v) is 9.70. The molecule has 2 aromatic heterocycles. The van der Waals surface area contributed by atoms with Crippen LogP contribution in [0.3, 0.4) is 0 Å². The van der Waals surface area contributed by atoms with Crippen LogP contribution in [0.1, 0.15) is 55.4 Å². The third-order valence-electron chi connectivity index (χ3n) is 7.85. The van der Waals surface area contributed by atoms with E-state index < -0.39 is 18.0 Å². The van der Waals surface area contributed by atoms with Gasteiger partial charge in [0.2, 0.25) is 0 Å². The molecular formula is C26H32N4O4. The van der Waals surface area contributed by atoms with Gasteiger partial charge in [-0.3, -0.25) is 19.8 Å². The number of aliphatic carboxylic acids is 1. The highest BCUT2D eigenvalue weighted by atomic mass is 16.5. The van der Waals surface area contributed by atoms with Crippen molar-refractivity contribution in [1.82, 2.24) is 20.1 Å². The number of methoxy groups -OCH3 is 1. The number of aromatic nitrogens is 3. The number of likely N-dealkylation sites (tertiary alicyclic amines) is 1. The fourth-order valence-corrected chi connectivity index (χ4v) is 5.71. The maximum Gasteiger partial charge on any atom is 0.308 e. The van der Waals surface area contributed by atoms with Gasteiger partial charge in [0, 0.05) is 42.0 Å². The molecule has 0 unspecified atom stereocenters. The lowest BCUT2D eigenvalue weighted by Crippen LogP contribution is -2.52. The number of carboxylic acids is 1. The average molecular weight is 465 g/mol. The summed E-state index contributed by atoms with van der Waals surface area (Å²) >= 11 is 0. The summed E-state index contributed by atoms with van der Waals surface area (Å²) in [7, 11) is 1.62. The number of fused-ring (bicyclic) bond motifs is 1. The molecule has 180 valence electrons. The highest BCUT2D eigenvalue weighted by Crippen LogP contribution is 2.42. The number of nitrogens with zero attached hydrogens (tertiary/aromatic N) is 3. The maximum atomic E-state index is 12.1. The van der Waals surface area contributed by atoms with Crippen LogP contribution >= 0.6 is 0 Å². The first kappa shape index (κ1) is 22.8. The summed E-state index contributed by atoms with van der Waals surface area (Å²) in [5.41, 5.74) is 2.80. The number of H-pyrrole nitrogens is 1. The van der Waals surface area contributed by atoms with Crippen LogP contribution in [0.5, 0.6) is 5.75 Å². The van der Waals surface area contributed by atoms with E-state index in [4.69, 9.17) is 4.74 Å². The molecule has 3 aromatic rings. The van der Waals surface area contributed by atoms with Crippen molar-refractivity contribution in [3.05, 3.63) is 54.0 Å². The number of aliphatic hydroxyl groups is 1. The minimum absolute atomic E-state index is 0.0644. The molecule has 34 heavy (non-hydrogen) atoms. The van der Waals surface area contributed by atoms with Crippen LogP contribution in [0.2, 0.25) is 0 Å². The molecule has 8 nitrogen and oxygen atoms in total. The number of hydrogen-bond acceptors (Lipinski definition) is 6. The molecule has 0 bridgehead atoms. The molecule has 2 aliphatic rings. The SMILES string of the molecule is COc1ccc2nccc([C@@H](O)CC[C@@H]3CCN(C4CC(c5ccn[nH]5)C4)C[C@@H]3C(=O)O)c2c1. The second kappa shape index (κ2) is 9.72. The Kier molecular flexibility index (Phi) is 6.52. The number of pyridine rings is 1. The Bertz CT molecular complexity index is 1130. The predicted octanol–water partition coefficient (Wildman–Crippen LogP) is 3.75. The molecular weight excluding hydrogens is 432 g/mol. The number of rotatable bonds is 8. The lowest BCUT2D eigenvalue weighted by Gasteiger charge is -2.47. The minimum Gasteiger partial charge on any atom is -0.497 e. The number of aliphatic hydroxyl groups excluding tert-OH is 1.